The minimum Gasteiger partial charge on any atom is -0.356 e. The van der Waals surface area contributed by atoms with Crippen molar-refractivity contribution >= 4 is 32.7 Å². The lowest BCUT2D eigenvalue weighted by Crippen LogP contribution is -2.51. The summed E-state index contributed by atoms with van der Waals surface area (Å²) in [4.78, 5) is 15.1. The Kier molecular flexibility index (Phi) is 5.65. The summed E-state index contributed by atoms with van der Waals surface area (Å²) in [6.45, 7) is 4.08. The molecule has 0 radical (unpaired) electrons. The van der Waals surface area contributed by atoms with E-state index >= 15 is 0 Å². The van der Waals surface area contributed by atoms with Crippen molar-refractivity contribution in [2.75, 3.05) is 19.6 Å². The van der Waals surface area contributed by atoms with E-state index in [1.54, 1.807) is 0 Å². The van der Waals surface area contributed by atoms with Crippen molar-refractivity contribution in [1.82, 2.24) is 14.8 Å². The van der Waals surface area contributed by atoms with Gasteiger partial charge in [0, 0.05) is 47.1 Å². The molecule has 4 rings (SSSR count). The quantitative estimate of drug-likeness (QED) is 0.791. The molecule has 5 heteroatoms. The number of hydrogen-bond donors (Lipinski definition) is 1. The summed E-state index contributed by atoms with van der Waals surface area (Å²) in [5, 5.41) is 4.42. The van der Waals surface area contributed by atoms with Crippen molar-refractivity contribution in [1.29, 1.82) is 0 Å². The summed E-state index contributed by atoms with van der Waals surface area (Å²) in [5.41, 5.74) is 1.18. The fraction of sp³-hybridized carbons (Fsp3) is 0.571. The van der Waals surface area contributed by atoms with Gasteiger partial charge in [-0.2, -0.15) is 0 Å². The Balaban J connectivity index is 1.29. The second-order valence-corrected chi connectivity index (χ2v) is 8.59. The average molecular weight is 418 g/mol. The zero-order chi connectivity index (χ0) is 17.9. The SMILES string of the molecule is O=C(CCn1ccc2c(Br)cccc21)NC[C@@H]1CCCN2CCCC[C@H]12. The van der Waals surface area contributed by atoms with Crippen LogP contribution in [0.3, 0.4) is 0 Å². The van der Waals surface area contributed by atoms with Gasteiger partial charge in [-0.05, 0) is 62.9 Å². The van der Waals surface area contributed by atoms with Gasteiger partial charge in [-0.15, -0.1) is 0 Å². The Bertz CT molecular complexity index is 770. The van der Waals surface area contributed by atoms with E-state index < -0.39 is 0 Å². The summed E-state index contributed by atoms with van der Waals surface area (Å²) < 4.78 is 3.27. The number of carbonyl (C=O) groups excluding carboxylic acids is 1. The zero-order valence-electron chi connectivity index (χ0n) is 15.3. The minimum absolute atomic E-state index is 0.176. The van der Waals surface area contributed by atoms with Gasteiger partial charge in [0.1, 0.15) is 0 Å². The normalized spacial score (nSPS) is 23.7. The number of rotatable bonds is 5. The molecule has 26 heavy (non-hydrogen) atoms. The first-order chi connectivity index (χ1) is 12.7. The predicted octanol–water partition coefficient (Wildman–Crippen LogP) is 4.17. The van der Waals surface area contributed by atoms with Crippen LogP contribution in [-0.4, -0.2) is 41.1 Å². The van der Waals surface area contributed by atoms with Crippen LogP contribution in [0, 0.1) is 5.92 Å². The molecule has 0 spiro atoms. The molecule has 2 fully saturated rings. The molecule has 1 amide bonds. The standard InChI is InChI=1S/C21H28BrN3O/c22-18-6-3-8-20-17(18)9-13-25(20)14-10-21(26)23-15-16-5-4-12-24-11-2-1-7-19(16)24/h3,6,8-9,13,16,19H,1-2,4-5,7,10-12,14-15H2,(H,23,26)/t16-,19+/m0/s1. The summed E-state index contributed by atoms with van der Waals surface area (Å²) in [6, 6.07) is 9.01. The van der Waals surface area contributed by atoms with Crippen LogP contribution in [0.4, 0.5) is 0 Å². The second kappa shape index (κ2) is 8.13. The number of aromatic nitrogens is 1. The van der Waals surface area contributed by atoms with Gasteiger partial charge in [-0.1, -0.05) is 28.4 Å². The highest BCUT2D eigenvalue weighted by molar-refractivity contribution is 9.10. The maximum absolute atomic E-state index is 12.4. The molecule has 0 aliphatic carbocycles. The molecule has 0 bridgehead atoms. The number of benzene rings is 1. The van der Waals surface area contributed by atoms with Gasteiger partial charge in [0.05, 0.1) is 0 Å². The first-order valence-corrected chi connectivity index (χ1v) is 10.8. The van der Waals surface area contributed by atoms with Crippen molar-refractivity contribution in [2.24, 2.45) is 5.92 Å². The van der Waals surface area contributed by atoms with Gasteiger partial charge in [-0.25, -0.2) is 0 Å². The average Bonchev–Trinajstić information content (AvgIpc) is 3.09. The third-order valence-corrected chi connectivity index (χ3v) is 6.82. The van der Waals surface area contributed by atoms with Gasteiger partial charge in [0.25, 0.3) is 0 Å². The number of nitrogens with one attached hydrogen (secondary N) is 1. The third kappa shape index (κ3) is 3.84. The molecule has 4 nitrogen and oxygen atoms in total. The summed E-state index contributed by atoms with van der Waals surface area (Å²) >= 11 is 3.59. The van der Waals surface area contributed by atoms with E-state index in [0.29, 0.717) is 18.4 Å². The predicted molar refractivity (Wildman–Crippen MR) is 109 cm³/mol. The third-order valence-electron chi connectivity index (χ3n) is 6.13. The largest absolute Gasteiger partial charge is 0.356 e. The number of hydrogen-bond acceptors (Lipinski definition) is 2. The maximum atomic E-state index is 12.4. The van der Waals surface area contributed by atoms with E-state index in [9.17, 15) is 4.79 Å². The van der Waals surface area contributed by atoms with Crippen LogP contribution < -0.4 is 5.32 Å². The summed E-state index contributed by atoms with van der Waals surface area (Å²) in [6.07, 6.45) is 9.16. The Hall–Kier alpha value is -1.33. The lowest BCUT2D eigenvalue weighted by Gasteiger charge is -2.44. The lowest BCUT2D eigenvalue weighted by atomic mass is 9.83. The number of aryl methyl sites for hydroxylation is 1. The van der Waals surface area contributed by atoms with E-state index in [1.165, 1.54) is 56.1 Å². The molecular formula is C21H28BrN3O. The van der Waals surface area contributed by atoms with Crippen molar-refractivity contribution in [2.45, 2.75) is 51.1 Å². The molecule has 0 unspecified atom stereocenters. The molecule has 140 valence electrons. The van der Waals surface area contributed by atoms with Gasteiger partial charge in [-0.3, -0.25) is 4.79 Å². The van der Waals surface area contributed by atoms with Crippen molar-refractivity contribution in [3.05, 3.63) is 34.9 Å². The monoisotopic (exact) mass is 417 g/mol. The van der Waals surface area contributed by atoms with Crippen molar-refractivity contribution in [3.63, 3.8) is 0 Å². The highest BCUT2D eigenvalue weighted by Crippen LogP contribution is 2.30. The number of piperidine rings is 2. The van der Waals surface area contributed by atoms with Gasteiger partial charge >= 0.3 is 0 Å². The molecule has 2 atom stereocenters. The summed E-state index contributed by atoms with van der Waals surface area (Å²) in [7, 11) is 0. The van der Waals surface area contributed by atoms with E-state index in [1.807, 2.05) is 6.07 Å². The fourth-order valence-corrected chi connectivity index (χ4v) is 5.24. The molecular weight excluding hydrogens is 390 g/mol. The Morgan fingerprint density at radius 3 is 2.96 bits per heavy atom. The lowest BCUT2D eigenvalue weighted by molar-refractivity contribution is -0.121. The maximum Gasteiger partial charge on any atom is 0.221 e. The van der Waals surface area contributed by atoms with Crippen LogP contribution in [0.15, 0.2) is 34.9 Å². The zero-order valence-corrected chi connectivity index (χ0v) is 16.9. The molecule has 2 aliphatic heterocycles. The topological polar surface area (TPSA) is 37.3 Å². The highest BCUT2D eigenvalue weighted by atomic mass is 79.9. The minimum atomic E-state index is 0.176. The Morgan fingerprint density at radius 2 is 2.04 bits per heavy atom. The molecule has 1 N–H and O–H groups in total. The smallest absolute Gasteiger partial charge is 0.221 e. The summed E-state index contributed by atoms with van der Waals surface area (Å²) in [5.74, 6) is 0.811. The molecule has 2 aliphatic rings. The van der Waals surface area contributed by atoms with Crippen LogP contribution in [0.1, 0.15) is 38.5 Å². The number of fused-ring (bicyclic) bond motifs is 2. The first-order valence-electron chi connectivity index (χ1n) is 9.96. The van der Waals surface area contributed by atoms with Crippen molar-refractivity contribution < 1.29 is 4.79 Å². The number of halogens is 1. The van der Waals surface area contributed by atoms with E-state index in [4.69, 9.17) is 0 Å². The number of amides is 1. The molecule has 0 saturated carbocycles. The van der Waals surface area contributed by atoms with Crippen LogP contribution in [0.2, 0.25) is 0 Å². The van der Waals surface area contributed by atoms with Crippen LogP contribution in [0.5, 0.6) is 0 Å². The van der Waals surface area contributed by atoms with Crippen molar-refractivity contribution in [3.8, 4) is 0 Å². The Labute approximate surface area is 164 Å². The van der Waals surface area contributed by atoms with E-state index in [0.717, 1.165) is 17.6 Å². The van der Waals surface area contributed by atoms with E-state index in [-0.39, 0.29) is 5.91 Å². The number of nitrogens with zero attached hydrogens (tertiary/aromatic N) is 2. The van der Waals surface area contributed by atoms with E-state index in [2.05, 4.69) is 55.1 Å². The van der Waals surface area contributed by atoms with Crippen LogP contribution in [0.25, 0.3) is 10.9 Å². The molecule has 1 aromatic carbocycles. The second-order valence-electron chi connectivity index (χ2n) is 7.74. The van der Waals surface area contributed by atoms with Gasteiger partial charge in [0.2, 0.25) is 5.91 Å². The van der Waals surface area contributed by atoms with Crippen LogP contribution in [-0.2, 0) is 11.3 Å². The van der Waals surface area contributed by atoms with Gasteiger partial charge < -0.3 is 14.8 Å². The Morgan fingerprint density at radius 1 is 1.15 bits per heavy atom. The molecule has 2 aromatic rings. The molecule has 3 heterocycles. The highest BCUT2D eigenvalue weighted by Gasteiger charge is 2.32. The molecule has 1 aromatic heterocycles. The van der Waals surface area contributed by atoms with Gasteiger partial charge in [0.15, 0.2) is 0 Å². The molecule has 2 saturated heterocycles. The number of carbonyl (C=O) groups is 1. The fourth-order valence-electron chi connectivity index (χ4n) is 4.75. The van der Waals surface area contributed by atoms with Crippen LogP contribution >= 0.6 is 15.9 Å². The first kappa shape index (κ1) is 18.1.